The number of carboxylic acid groups (broad SMARTS) is 4. The van der Waals surface area contributed by atoms with Crippen LogP contribution < -0.4 is 36.9 Å². The number of hydrogen-bond donors (Lipinski definition) is 3. The first-order valence-corrected chi connectivity index (χ1v) is 19.4. The first-order chi connectivity index (χ1) is 24.3. The maximum absolute atomic E-state index is 8.56. The summed E-state index contributed by atoms with van der Waals surface area (Å²) in [6, 6.07) is 65.7. The van der Waals surface area contributed by atoms with Crippen LogP contribution in [0.25, 0.3) is 0 Å². The van der Waals surface area contributed by atoms with Gasteiger partial charge in [-0.05, 0) is 66.7 Å². The van der Waals surface area contributed by atoms with E-state index in [-0.39, 0.29) is 0 Å². The molecule has 6 nitrogen and oxygen atoms in total. The fourth-order valence-corrected chi connectivity index (χ4v) is 12.3. The molecule has 0 aromatic heterocycles. The molecule has 0 unspecified atom stereocenters. The lowest BCUT2D eigenvalue weighted by Gasteiger charge is -2.27. The summed E-state index contributed by atoms with van der Waals surface area (Å²) in [5, 5.41) is 37.9. The highest BCUT2D eigenvalue weighted by molar-refractivity contribution is 7.95. The molecule has 3 N–H and O–H groups in total. The van der Waals surface area contributed by atoms with E-state index in [2.05, 4.69) is 189 Å². The van der Waals surface area contributed by atoms with Crippen molar-refractivity contribution < 1.29 is 30.0 Å². The summed E-state index contributed by atoms with van der Waals surface area (Å²) < 4.78 is 0. The Morgan fingerprint density at radius 2 is 0.720 bits per heavy atom. The van der Waals surface area contributed by atoms with Gasteiger partial charge in [-0.3, -0.25) is 0 Å². The van der Waals surface area contributed by atoms with Gasteiger partial charge in [-0.15, -0.1) is 0 Å². The Kier molecular flexibility index (Phi) is 16.9. The molecule has 0 spiro atoms. The van der Waals surface area contributed by atoms with E-state index in [1.165, 1.54) is 50.8 Å². The molecule has 6 rings (SSSR count). The molecule has 8 heteroatoms. The second-order valence-electron chi connectivity index (χ2n) is 10.8. The van der Waals surface area contributed by atoms with E-state index in [1.54, 1.807) is 0 Å². The summed E-state index contributed by atoms with van der Waals surface area (Å²) in [4.78, 5) is 17.0. The molecular weight excluding hydrogens is 662 g/mol. The molecule has 0 heterocycles. The number of benzene rings is 6. The van der Waals surface area contributed by atoms with Gasteiger partial charge in [0, 0.05) is 0 Å². The Bertz CT molecular complexity index is 1580. The Hall–Kier alpha value is -5.28. The summed E-state index contributed by atoms with van der Waals surface area (Å²) in [5.41, 5.74) is 0. The average Bonchev–Trinajstić information content (AvgIpc) is 3.15. The van der Waals surface area contributed by atoms with Crippen molar-refractivity contribution in [3.63, 3.8) is 0 Å². The van der Waals surface area contributed by atoms with Gasteiger partial charge in [0.1, 0.15) is 23.2 Å². The van der Waals surface area contributed by atoms with Crippen LogP contribution in [-0.2, 0) is 0 Å². The summed E-state index contributed by atoms with van der Waals surface area (Å²) >= 11 is 0. The SMILES string of the molecule is CCCC[P+](c1ccccc1)(c1ccccc1)c1ccccc1.O=C(O)O.O=C([O-])O.c1ccc(P(c2ccccc2)c2ccccc2)cc1. The van der Waals surface area contributed by atoms with Crippen LogP contribution in [0.15, 0.2) is 182 Å². The molecule has 0 atom stereocenters. The van der Waals surface area contributed by atoms with Crippen molar-refractivity contribution in [3.05, 3.63) is 182 Å². The molecule has 0 saturated heterocycles. The van der Waals surface area contributed by atoms with Gasteiger partial charge in [0.15, 0.2) is 0 Å². The number of carbonyl (C=O) groups is 2. The fraction of sp³-hybridized carbons (Fsp3) is 0.0952. The van der Waals surface area contributed by atoms with E-state index in [1.807, 2.05) is 0 Å². The Balaban J connectivity index is 0.000000225. The van der Waals surface area contributed by atoms with Crippen molar-refractivity contribution in [1.29, 1.82) is 0 Å². The minimum atomic E-state index is -2.08. The lowest BCUT2D eigenvalue weighted by atomic mass is 10.3. The normalized spacial score (nSPS) is 10.2. The van der Waals surface area contributed by atoms with Crippen molar-refractivity contribution in [1.82, 2.24) is 0 Å². The van der Waals surface area contributed by atoms with E-state index < -0.39 is 27.5 Å². The smallest absolute Gasteiger partial charge is 0.503 e. The van der Waals surface area contributed by atoms with Crippen LogP contribution >= 0.6 is 15.2 Å². The summed E-state index contributed by atoms with van der Waals surface area (Å²) in [6.07, 6.45) is -0.192. The monoisotopic (exact) mass is 704 g/mol. The van der Waals surface area contributed by atoms with Gasteiger partial charge in [-0.25, -0.2) is 4.79 Å². The minimum absolute atomic E-state index is 0.446. The molecule has 50 heavy (non-hydrogen) atoms. The molecule has 0 radical (unpaired) electrons. The standard InChI is InChI=1S/C22H24P.C18H15P.2CH2O3/c1-2-3-19-23(20-13-7-4-8-14-20,21-15-9-5-10-16-21)22-17-11-6-12-18-22;1-4-10-16(11-5-1)19(17-12-6-2-7-13-17)18-14-8-3-9-15-18;2*2-1(3)4/h4-18H,2-3,19H2,1H3;1-15H;2*(H2,2,3,4)/q+1;;;/p-1. The third-order valence-corrected chi connectivity index (χ3v) is 14.5. The van der Waals surface area contributed by atoms with Crippen LogP contribution in [0, 0.1) is 0 Å². The quantitative estimate of drug-likeness (QED) is 0.136. The largest absolute Gasteiger partial charge is 0.565 e. The molecule has 6 aromatic rings. The van der Waals surface area contributed by atoms with Crippen LogP contribution in [0.1, 0.15) is 19.8 Å². The highest BCUT2D eigenvalue weighted by atomic mass is 31.2. The van der Waals surface area contributed by atoms with Crippen molar-refractivity contribution in [2.75, 3.05) is 6.16 Å². The van der Waals surface area contributed by atoms with Crippen LogP contribution in [0.3, 0.4) is 0 Å². The van der Waals surface area contributed by atoms with Crippen molar-refractivity contribution >= 4 is 59.3 Å². The highest BCUT2D eigenvalue weighted by Gasteiger charge is 2.44. The van der Waals surface area contributed by atoms with E-state index in [9.17, 15) is 0 Å². The van der Waals surface area contributed by atoms with Crippen molar-refractivity contribution in [2.24, 2.45) is 0 Å². The van der Waals surface area contributed by atoms with Gasteiger partial charge < -0.3 is 25.2 Å². The van der Waals surface area contributed by atoms with E-state index in [0.717, 1.165) is 0 Å². The second-order valence-corrected chi connectivity index (χ2v) is 16.6. The van der Waals surface area contributed by atoms with Crippen LogP contribution in [-0.4, -0.2) is 33.8 Å². The van der Waals surface area contributed by atoms with E-state index >= 15 is 0 Å². The highest BCUT2D eigenvalue weighted by Crippen LogP contribution is 2.55. The lowest BCUT2D eigenvalue weighted by Crippen LogP contribution is -2.33. The predicted octanol–water partition coefficient (Wildman–Crippen LogP) is 7.34. The number of rotatable bonds is 9. The lowest BCUT2D eigenvalue weighted by molar-refractivity contribution is -0.275. The van der Waals surface area contributed by atoms with Gasteiger partial charge in [-0.1, -0.05) is 159 Å². The molecule has 0 aliphatic carbocycles. The van der Waals surface area contributed by atoms with Crippen LogP contribution in [0.4, 0.5) is 9.59 Å². The molecule has 0 saturated carbocycles. The second kappa shape index (κ2) is 21.6. The molecule has 6 aromatic carbocycles. The molecular formula is C42H42O6P2. The summed E-state index contributed by atoms with van der Waals surface area (Å²) in [6.45, 7) is 2.29. The fourth-order valence-electron chi connectivity index (χ4n) is 5.46. The third kappa shape index (κ3) is 12.3. The summed E-state index contributed by atoms with van der Waals surface area (Å²) in [5.74, 6) is 0. The molecule has 256 valence electrons. The molecule has 0 aliphatic heterocycles. The van der Waals surface area contributed by atoms with Crippen LogP contribution in [0.2, 0.25) is 0 Å². The Labute approximate surface area is 296 Å². The molecule has 0 fully saturated rings. The number of unbranched alkanes of at least 4 members (excludes halogenated alkanes) is 1. The zero-order valence-electron chi connectivity index (χ0n) is 27.9. The first-order valence-electron chi connectivity index (χ1n) is 16.1. The topological polar surface area (TPSA) is 118 Å². The Morgan fingerprint density at radius 3 is 0.940 bits per heavy atom. The van der Waals surface area contributed by atoms with Gasteiger partial charge in [0.05, 0.1) is 6.16 Å². The zero-order chi connectivity index (χ0) is 36.0. The molecule has 0 amide bonds. The predicted molar refractivity (Wildman–Crippen MR) is 209 cm³/mol. The van der Waals surface area contributed by atoms with E-state index in [4.69, 9.17) is 30.0 Å². The third-order valence-electron chi connectivity index (χ3n) is 7.48. The van der Waals surface area contributed by atoms with Gasteiger partial charge >= 0.3 is 6.16 Å². The van der Waals surface area contributed by atoms with E-state index in [0.29, 0.717) is 0 Å². The molecule has 0 aliphatic rings. The van der Waals surface area contributed by atoms with Gasteiger partial charge in [0.2, 0.25) is 6.16 Å². The van der Waals surface area contributed by atoms with Crippen LogP contribution in [0.5, 0.6) is 0 Å². The van der Waals surface area contributed by atoms with Crippen molar-refractivity contribution in [2.45, 2.75) is 19.8 Å². The first kappa shape index (κ1) is 39.2. The summed E-state index contributed by atoms with van der Waals surface area (Å²) in [7, 11) is -2.02. The maximum atomic E-state index is 8.56. The number of hydrogen-bond acceptors (Lipinski definition) is 3. The van der Waals surface area contributed by atoms with Gasteiger partial charge in [0.25, 0.3) is 0 Å². The Morgan fingerprint density at radius 1 is 0.500 bits per heavy atom. The van der Waals surface area contributed by atoms with Crippen molar-refractivity contribution in [3.8, 4) is 0 Å². The zero-order valence-corrected chi connectivity index (χ0v) is 29.7. The molecule has 0 bridgehead atoms. The maximum Gasteiger partial charge on any atom is 0.503 e. The average molecular weight is 705 g/mol. The minimum Gasteiger partial charge on any atom is -0.565 e. The van der Waals surface area contributed by atoms with Gasteiger partial charge in [-0.2, -0.15) is 0 Å².